The van der Waals surface area contributed by atoms with Gasteiger partial charge >= 0.3 is 0 Å². The first-order valence-electron chi connectivity index (χ1n) is 5.87. The molecule has 92 valence electrons. The molecule has 0 saturated carbocycles. The van der Waals surface area contributed by atoms with Gasteiger partial charge in [0.05, 0.1) is 12.6 Å². The van der Waals surface area contributed by atoms with Crippen LogP contribution in [0.5, 0.6) is 0 Å². The van der Waals surface area contributed by atoms with Gasteiger partial charge in [0.25, 0.3) is 0 Å². The maximum atomic E-state index is 11.7. The molecule has 1 aliphatic rings. The third-order valence-electron chi connectivity index (χ3n) is 2.97. The van der Waals surface area contributed by atoms with Crippen molar-refractivity contribution in [3.05, 3.63) is 35.9 Å². The Morgan fingerprint density at radius 2 is 2.18 bits per heavy atom. The number of benzene rings is 1. The molecule has 1 aromatic carbocycles. The molecule has 0 radical (unpaired) electrons. The molecule has 0 spiro atoms. The van der Waals surface area contributed by atoms with Crippen LogP contribution in [0.4, 0.5) is 0 Å². The average molecular weight is 235 g/mol. The summed E-state index contributed by atoms with van der Waals surface area (Å²) in [6, 6.07) is 9.85. The minimum atomic E-state index is -1.09. The van der Waals surface area contributed by atoms with Crippen LogP contribution in [0.25, 0.3) is 0 Å². The second-order valence-corrected chi connectivity index (χ2v) is 4.16. The van der Waals surface area contributed by atoms with E-state index in [1.54, 1.807) is 6.92 Å². The van der Waals surface area contributed by atoms with E-state index in [1.165, 1.54) is 4.90 Å². The molecule has 1 heterocycles. The lowest BCUT2D eigenvalue weighted by molar-refractivity contribution is -0.164. The van der Waals surface area contributed by atoms with E-state index in [0.717, 1.165) is 5.56 Å². The normalized spacial score (nSPS) is 24.0. The Morgan fingerprint density at radius 3 is 2.82 bits per heavy atom. The highest BCUT2D eigenvalue weighted by Gasteiger charge is 2.35. The molecule has 1 saturated heterocycles. The average Bonchev–Trinajstić information content (AvgIpc) is 2.71. The summed E-state index contributed by atoms with van der Waals surface area (Å²) in [4.78, 5) is 13.1. The summed E-state index contributed by atoms with van der Waals surface area (Å²) < 4.78 is 5.13. The lowest BCUT2D eigenvalue weighted by atomic mass is 10.1. The fourth-order valence-corrected chi connectivity index (χ4v) is 2.09. The first kappa shape index (κ1) is 12.1. The number of rotatable bonds is 3. The Morgan fingerprint density at radius 1 is 1.47 bits per heavy atom. The van der Waals surface area contributed by atoms with Crippen LogP contribution in [-0.4, -0.2) is 35.0 Å². The van der Waals surface area contributed by atoms with Gasteiger partial charge in [-0.15, -0.1) is 0 Å². The number of ether oxygens (including phenoxy) is 1. The summed E-state index contributed by atoms with van der Waals surface area (Å²) in [5, 5.41) is 9.62. The van der Waals surface area contributed by atoms with E-state index in [9.17, 15) is 9.90 Å². The maximum Gasteiger partial charge on any atom is 0.240 e. The van der Waals surface area contributed by atoms with Crippen LogP contribution in [-0.2, 0) is 16.0 Å². The van der Waals surface area contributed by atoms with Gasteiger partial charge in [0, 0.05) is 6.42 Å². The summed E-state index contributed by atoms with van der Waals surface area (Å²) in [7, 11) is 0. The minimum Gasteiger partial charge on any atom is -0.351 e. The van der Waals surface area contributed by atoms with Gasteiger partial charge in [0.15, 0.2) is 0 Å². The van der Waals surface area contributed by atoms with Gasteiger partial charge in [-0.25, -0.2) is 0 Å². The van der Waals surface area contributed by atoms with Crippen molar-refractivity contribution in [3.8, 4) is 0 Å². The number of amides is 1. The van der Waals surface area contributed by atoms with Crippen LogP contribution in [0.1, 0.15) is 18.9 Å². The molecule has 0 aliphatic carbocycles. The molecule has 17 heavy (non-hydrogen) atoms. The largest absolute Gasteiger partial charge is 0.351 e. The third-order valence-corrected chi connectivity index (χ3v) is 2.97. The number of hydrogen-bond acceptors (Lipinski definition) is 3. The molecule has 2 atom stereocenters. The molecule has 4 heteroatoms. The van der Waals surface area contributed by atoms with E-state index >= 15 is 0 Å². The van der Waals surface area contributed by atoms with Crippen LogP contribution in [0.15, 0.2) is 30.3 Å². The van der Waals surface area contributed by atoms with E-state index in [1.807, 2.05) is 30.3 Å². The monoisotopic (exact) mass is 235 g/mol. The summed E-state index contributed by atoms with van der Waals surface area (Å²) in [6.07, 6.45) is 0.00572. The highest BCUT2D eigenvalue weighted by Crippen LogP contribution is 2.20. The predicted octanol–water partition coefficient (Wildman–Crippen LogP) is 1.14. The van der Waals surface area contributed by atoms with Crippen molar-refractivity contribution in [1.82, 2.24) is 4.90 Å². The Balaban J connectivity index is 2.07. The number of aliphatic hydroxyl groups is 1. The lowest BCUT2D eigenvalue weighted by Crippen LogP contribution is -2.42. The third kappa shape index (κ3) is 2.65. The van der Waals surface area contributed by atoms with Crippen LogP contribution in [0.3, 0.4) is 0 Å². The number of carbonyl (C=O) groups is 1. The lowest BCUT2D eigenvalue weighted by Gasteiger charge is -2.24. The van der Waals surface area contributed by atoms with Gasteiger partial charge in [0.1, 0.15) is 0 Å². The molecule has 1 amide bonds. The molecule has 1 aliphatic heterocycles. The predicted molar refractivity (Wildman–Crippen MR) is 63.0 cm³/mol. The molecule has 2 rings (SSSR count). The Labute approximate surface area is 101 Å². The summed E-state index contributed by atoms with van der Waals surface area (Å²) >= 11 is 0. The van der Waals surface area contributed by atoms with Crippen LogP contribution in [0, 0.1) is 0 Å². The van der Waals surface area contributed by atoms with Crippen molar-refractivity contribution in [2.45, 2.75) is 32.2 Å². The van der Waals surface area contributed by atoms with Crippen molar-refractivity contribution < 1.29 is 14.6 Å². The number of aliphatic hydroxyl groups excluding tert-OH is 1. The molecule has 1 unspecified atom stereocenters. The zero-order valence-corrected chi connectivity index (χ0v) is 9.87. The number of nitrogens with zero attached hydrogens (tertiary/aromatic N) is 1. The van der Waals surface area contributed by atoms with Crippen molar-refractivity contribution in [1.29, 1.82) is 0 Å². The molecule has 4 nitrogen and oxygen atoms in total. The van der Waals surface area contributed by atoms with Gasteiger partial charge in [-0.3, -0.25) is 9.69 Å². The van der Waals surface area contributed by atoms with Crippen LogP contribution < -0.4 is 0 Å². The summed E-state index contributed by atoms with van der Waals surface area (Å²) in [6.45, 7) is 2.18. The topological polar surface area (TPSA) is 49.8 Å². The first-order chi connectivity index (χ1) is 8.22. The Kier molecular flexibility index (Phi) is 3.76. The zero-order chi connectivity index (χ0) is 12.3. The smallest absolute Gasteiger partial charge is 0.240 e. The second kappa shape index (κ2) is 5.29. The second-order valence-electron chi connectivity index (χ2n) is 4.16. The van der Waals surface area contributed by atoms with Gasteiger partial charge in [-0.05, 0) is 12.0 Å². The van der Waals surface area contributed by atoms with Crippen molar-refractivity contribution in [2.24, 2.45) is 0 Å². The quantitative estimate of drug-likeness (QED) is 0.854. The maximum absolute atomic E-state index is 11.7. The molecule has 0 bridgehead atoms. The van der Waals surface area contributed by atoms with E-state index in [4.69, 9.17) is 4.74 Å². The van der Waals surface area contributed by atoms with Crippen molar-refractivity contribution in [2.75, 3.05) is 6.61 Å². The SMILES string of the molecule is CCC(=O)N1C(Cc2ccccc2)CO[C@H]1O. The van der Waals surface area contributed by atoms with E-state index in [0.29, 0.717) is 19.4 Å². The zero-order valence-electron chi connectivity index (χ0n) is 9.87. The van der Waals surface area contributed by atoms with E-state index in [2.05, 4.69) is 0 Å². The van der Waals surface area contributed by atoms with Crippen molar-refractivity contribution in [3.63, 3.8) is 0 Å². The van der Waals surface area contributed by atoms with Gasteiger partial charge in [0.2, 0.25) is 12.3 Å². The summed E-state index contributed by atoms with van der Waals surface area (Å²) in [5.74, 6) is -0.0732. The molecule has 1 aromatic rings. The fourth-order valence-electron chi connectivity index (χ4n) is 2.09. The van der Waals surface area contributed by atoms with E-state index < -0.39 is 6.41 Å². The highest BCUT2D eigenvalue weighted by molar-refractivity contribution is 5.76. The molecule has 1 N–H and O–H groups in total. The minimum absolute atomic E-state index is 0.0696. The van der Waals surface area contributed by atoms with Crippen molar-refractivity contribution >= 4 is 5.91 Å². The number of hydrogen-bond donors (Lipinski definition) is 1. The van der Waals surface area contributed by atoms with Crippen LogP contribution in [0.2, 0.25) is 0 Å². The number of carbonyl (C=O) groups excluding carboxylic acids is 1. The molecule has 1 fully saturated rings. The first-order valence-corrected chi connectivity index (χ1v) is 5.87. The summed E-state index contributed by atoms with van der Waals surface area (Å²) in [5.41, 5.74) is 1.14. The standard InChI is InChI=1S/C13H17NO3/c1-2-12(15)14-11(9-17-13(14)16)8-10-6-4-3-5-7-10/h3-7,11,13,16H,2,8-9H2,1H3/t11?,13-/m1/s1. The van der Waals surface area contributed by atoms with E-state index in [-0.39, 0.29) is 11.9 Å². The Bertz CT molecular complexity index is 380. The Hall–Kier alpha value is -1.39. The molecular formula is C13H17NO3. The van der Waals surface area contributed by atoms with Gasteiger partial charge in [-0.1, -0.05) is 37.3 Å². The molecular weight excluding hydrogens is 218 g/mol. The fraction of sp³-hybridized carbons (Fsp3) is 0.462. The highest BCUT2D eigenvalue weighted by atomic mass is 16.6. The van der Waals surface area contributed by atoms with Crippen LogP contribution >= 0.6 is 0 Å². The molecule has 0 aromatic heterocycles. The van der Waals surface area contributed by atoms with Gasteiger partial charge < -0.3 is 9.84 Å². The van der Waals surface area contributed by atoms with Gasteiger partial charge in [-0.2, -0.15) is 0 Å².